The zero-order chi connectivity index (χ0) is 18.0. The molecule has 7 nitrogen and oxygen atoms in total. The van der Waals surface area contributed by atoms with E-state index in [4.69, 9.17) is 4.74 Å². The molecule has 1 aliphatic rings. The zero-order valence-electron chi connectivity index (χ0n) is 12.7. The van der Waals surface area contributed by atoms with Gasteiger partial charge in [0, 0.05) is 11.6 Å². The van der Waals surface area contributed by atoms with E-state index in [1.54, 1.807) is 24.3 Å². The van der Waals surface area contributed by atoms with Crippen molar-refractivity contribution in [2.75, 3.05) is 11.9 Å². The van der Waals surface area contributed by atoms with E-state index in [0.717, 1.165) is 0 Å². The highest BCUT2D eigenvalue weighted by Crippen LogP contribution is 2.29. The number of benzene rings is 2. The van der Waals surface area contributed by atoms with E-state index in [-0.39, 0.29) is 24.0 Å². The molecule has 1 heterocycles. The highest BCUT2D eigenvalue weighted by molar-refractivity contribution is 9.10. The second kappa shape index (κ2) is 6.86. The molecule has 0 fully saturated rings. The van der Waals surface area contributed by atoms with Crippen LogP contribution in [0.4, 0.5) is 11.4 Å². The van der Waals surface area contributed by atoms with Gasteiger partial charge in [-0.3, -0.25) is 19.7 Å². The zero-order valence-corrected chi connectivity index (χ0v) is 14.3. The van der Waals surface area contributed by atoms with Gasteiger partial charge in [-0.05, 0) is 51.8 Å². The number of rotatable bonds is 4. The maximum absolute atomic E-state index is 12.3. The number of ketones is 1. The number of nitro groups is 1. The van der Waals surface area contributed by atoms with E-state index in [9.17, 15) is 19.7 Å². The summed E-state index contributed by atoms with van der Waals surface area (Å²) in [5, 5.41) is 13.6. The predicted molar refractivity (Wildman–Crippen MR) is 94.7 cm³/mol. The lowest BCUT2D eigenvalue weighted by atomic mass is 10.1. The van der Waals surface area contributed by atoms with Crippen molar-refractivity contribution in [3.8, 4) is 5.75 Å². The number of hydrogen-bond acceptors (Lipinski definition) is 5. The number of halogens is 1. The van der Waals surface area contributed by atoms with E-state index in [1.165, 1.54) is 24.3 Å². The first-order valence-electron chi connectivity index (χ1n) is 7.17. The Bertz CT molecular complexity index is 923. The number of carbonyl (C=O) groups is 2. The third-order valence-electron chi connectivity index (χ3n) is 3.49. The minimum atomic E-state index is -0.505. The molecule has 0 spiro atoms. The van der Waals surface area contributed by atoms with Crippen molar-refractivity contribution in [2.45, 2.75) is 0 Å². The molecular formula is C17H11BrN2O5. The summed E-state index contributed by atoms with van der Waals surface area (Å²) in [4.78, 5) is 34.1. The Balaban J connectivity index is 1.82. The van der Waals surface area contributed by atoms with E-state index in [1.807, 2.05) is 0 Å². The molecule has 126 valence electrons. The number of nitrogens with one attached hydrogen (secondary N) is 1. The molecule has 0 atom stereocenters. The van der Waals surface area contributed by atoms with Crippen molar-refractivity contribution in [1.29, 1.82) is 0 Å². The summed E-state index contributed by atoms with van der Waals surface area (Å²) in [5.74, 6) is -0.0772. The molecule has 1 amide bonds. The van der Waals surface area contributed by atoms with Crippen LogP contribution in [0.5, 0.6) is 5.75 Å². The van der Waals surface area contributed by atoms with Crippen LogP contribution >= 0.6 is 15.9 Å². The first-order chi connectivity index (χ1) is 11.9. The van der Waals surface area contributed by atoms with Crippen molar-refractivity contribution in [3.05, 3.63) is 68.2 Å². The molecule has 0 aromatic heterocycles. The molecule has 1 N–H and O–H groups in total. The lowest BCUT2D eigenvalue weighted by molar-refractivity contribution is -0.385. The van der Waals surface area contributed by atoms with Gasteiger partial charge in [-0.25, -0.2) is 0 Å². The topological polar surface area (TPSA) is 98.5 Å². The Labute approximate surface area is 150 Å². The number of hydrogen-bond donors (Lipinski definition) is 1. The number of allylic oxidation sites excluding steroid dienone is 1. The summed E-state index contributed by atoms with van der Waals surface area (Å²) >= 11 is 3.11. The van der Waals surface area contributed by atoms with Gasteiger partial charge in [0.05, 0.1) is 15.1 Å². The van der Waals surface area contributed by atoms with Gasteiger partial charge in [0.2, 0.25) is 0 Å². The van der Waals surface area contributed by atoms with Crippen LogP contribution in [-0.4, -0.2) is 23.2 Å². The molecule has 8 heteroatoms. The minimum absolute atomic E-state index is 0.0530. The first kappa shape index (κ1) is 16.8. The fourth-order valence-electron chi connectivity index (χ4n) is 2.28. The largest absolute Gasteiger partial charge is 0.482 e. The van der Waals surface area contributed by atoms with Crippen molar-refractivity contribution < 1.29 is 19.2 Å². The molecule has 0 aliphatic carbocycles. The molecule has 3 rings (SSSR count). The van der Waals surface area contributed by atoms with Gasteiger partial charge in [-0.1, -0.05) is 12.1 Å². The van der Waals surface area contributed by atoms with Crippen LogP contribution in [0.1, 0.15) is 15.9 Å². The SMILES string of the molecule is O=C1COc2ccc(C(=O)/C=C/c3ccc(Br)c([N+](=O)[O-])c3)cc2N1. The average molecular weight is 403 g/mol. The van der Waals surface area contributed by atoms with Crippen molar-refractivity contribution in [1.82, 2.24) is 0 Å². The van der Waals surface area contributed by atoms with Gasteiger partial charge in [0.15, 0.2) is 12.4 Å². The number of carbonyl (C=O) groups excluding carboxylic acids is 2. The molecule has 0 unspecified atom stereocenters. The van der Waals surface area contributed by atoms with Gasteiger partial charge >= 0.3 is 0 Å². The summed E-state index contributed by atoms with van der Waals surface area (Å²) < 4.78 is 5.60. The summed E-state index contributed by atoms with van der Waals surface area (Å²) in [6, 6.07) is 9.31. The van der Waals surface area contributed by atoms with Crippen LogP contribution in [0, 0.1) is 10.1 Å². The van der Waals surface area contributed by atoms with Crippen LogP contribution in [0.3, 0.4) is 0 Å². The molecule has 0 saturated carbocycles. The number of anilines is 1. The van der Waals surface area contributed by atoms with Crippen LogP contribution < -0.4 is 10.1 Å². The molecule has 0 radical (unpaired) electrons. The normalized spacial score (nSPS) is 13.1. The number of fused-ring (bicyclic) bond motifs is 1. The molecule has 0 bridgehead atoms. The highest BCUT2D eigenvalue weighted by atomic mass is 79.9. The van der Waals surface area contributed by atoms with E-state index >= 15 is 0 Å². The number of amides is 1. The Morgan fingerprint density at radius 2 is 2.08 bits per heavy atom. The number of nitrogens with zero attached hydrogens (tertiary/aromatic N) is 1. The lowest BCUT2D eigenvalue weighted by Crippen LogP contribution is -2.25. The molecule has 2 aromatic carbocycles. The molecule has 2 aromatic rings. The summed E-state index contributed by atoms with van der Waals surface area (Å²) in [5.41, 5.74) is 1.25. The van der Waals surface area contributed by atoms with E-state index < -0.39 is 4.92 Å². The van der Waals surface area contributed by atoms with Gasteiger partial charge in [0.1, 0.15) is 5.75 Å². The van der Waals surface area contributed by atoms with Crippen LogP contribution in [0.15, 0.2) is 46.9 Å². The van der Waals surface area contributed by atoms with E-state index in [2.05, 4.69) is 21.2 Å². The molecular weight excluding hydrogens is 392 g/mol. The molecule has 0 saturated heterocycles. The summed E-state index contributed by atoms with van der Waals surface area (Å²) in [6.07, 6.45) is 2.82. The van der Waals surface area contributed by atoms with Crippen molar-refractivity contribution in [3.63, 3.8) is 0 Å². The third kappa shape index (κ3) is 3.74. The van der Waals surface area contributed by atoms with E-state index in [0.29, 0.717) is 27.0 Å². The van der Waals surface area contributed by atoms with Gasteiger partial charge in [0.25, 0.3) is 11.6 Å². The van der Waals surface area contributed by atoms with Gasteiger partial charge in [-0.2, -0.15) is 0 Å². The predicted octanol–water partition coefficient (Wildman–Crippen LogP) is 3.58. The second-order valence-electron chi connectivity index (χ2n) is 5.21. The van der Waals surface area contributed by atoms with Gasteiger partial charge in [-0.15, -0.1) is 0 Å². The monoisotopic (exact) mass is 402 g/mol. The summed E-state index contributed by atoms with van der Waals surface area (Å²) in [7, 11) is 0. The maximum Gasteiger partial charge on any atom is 0.284 e. The number of ether oxygens (including phenoxy) is 1. The van der Waals surface area contributed by atoms with Crippen LogP contribution in [0.2, 0.25) is 0 Å². The third-order valence-corrected chi connectivity index (χ3v) is 4.16. The smallest absolute Gasteiger partial charge is 0.284 e. The second-order valence-corrected chi connectivity index (χ2v) is 6.07. The minimum Gasteiger partial charge on any atom is -0.482 e. The van der Waals surface area contributed by atoms with Crippen molar-refractivity contribution in [2.24, 2.45) is 0 Å². The highest BCUT2D eigenvalue weighted by Gasteiger charge is 2.17. The van der Waals surface area contributed by atoms with Gasteiger partial charge < -0.3 is 10.1 Å². The molecule has 25 heavy (non-hydrogen) atoms. The standard InChI is InChI=1S/C17H11BrN2O5/c18-12-4-1-10(7-14(12)20(23)24)2-5-15(21)11-3-6-16-13(8-11)19-17(22)9-25-16/h1-8H,9H2,(H,19,22)/b5-2+. The van der Waals surface area contributed by atoms with Crippen molar-refractivity contribution >= 4 is 45.1 Å². The maximum atomic E-state index is 12.3. The Hall–Kier alpha value is -3.00. The lowest BCUT2D eigenvalue weighted by Gasteiger charge is -2.17. The van der Waals surface area contributed by atoms with Crippen LogP contribution in [0.25, 0.3) is 6.08 Å². The fraction of sp³-hybridized carbons (Fsp3) is 0.0588. The fourth-order valence-corrected chi connectivity index (χ4v) is 2.67. The molecule has 1 aliphatic heterocycles. The Morgan fingerprint density at radius 3 is 2.84 bits per heavy atom. The Morgan fingerprint density at radius 1 is 1.28 bits per heavy atom. The average Bonchev–Trinajstić information content (AvgIpc) is 2.59. The quantitative estimate of drug-likeness (QED) is 0.364. The van der Waals surface area contributed by atoms with Crippen LogP contribution in [-0.2, 0) is 4.79 Å². The Kier molecular flexibility index (Phi) is 4.62. The number of nitro benzene ring substituents is 1. The summed E-state index contributed by atoms with van der Waals surface area (Å²) in [6.45, 7) is -0.0530. The first-order valence-corrected chi connectivity index (χ1v) is 7.96.